The van der Waals surface area contributed by atoms with Gasteiger partial charge in [-0.2, -0.15) is 0 Å². The molecule has 4 aliphatic heterocycles. The van der Waals surface area contributed by atoms with Gasteiger partial charge in [-0.3, -0.25) is 9.59 Å². The van der Waals surface area contributed by atoms with Crippen molar-refractivity contribution >= 4 is 23.9 Å². The highest BCUT2D eigenvalue weighted by molar-refractivity contribution is 5.84. The zero-order valence-corrected chi connectivity index (χ0v) is 25.8. The number of cyclic esters (lactones) is 1. The quantitative estimate of drug-likeness (QED) is 0.201. The normalized spacial score (nSPS) is 43.3. The van der Waals surface area contributed by atoms with E-state index in [0.29, 0.717) is 25.0 Å². The van der Waals surface area contributed by atoms with E-state index in [-0.39, 0.29) is 31.8 Å². The highest BCUT2D eigenvalue weighted by Gasteiger charge is 2.83. The molecule has 0 aromatic rings. The van der Waals surface area contributed by atoms with Gasteiger partial charge in [0.05, 0.1) is 30.8 Å². The predicted molar refractivity (Wildman–Crippen MR) is 153 cm³/mol. The number of hydrogen-bond acceptors (Lipinski definition) is 11. The number of carbonyl (C=O) groups is 4. The van der Waals surface area contributed by atoms with E-state index in [9.17, 15) is 19.2 Å². The molecule has 6 aliphatic rings. The molecule has 11 heteroatoms. The molecule has 11 nitrogen and oxygen atoms in total. The first-order valence-corrected chi connectivity index (χ1v) is 15.3. The fourth-order valence-electron chi connectivity index (χ4n) is 8.31. The average molecular weight is 613 g/mol. The highest BCUT2D eigenvalue weighted by atomic mass is 16.6. The molecule has 2 aliphatic carbocycles. The zero-order chi connectivity index (χ0) is 31.5. The second-order valence-electron chi connectivity index (χ2n) is 13.0. The molecule has 0 N–H and O–H groups in total. The standard InChI is InChI=1S/C33H40O11/c1-19-9-12-31-17-38-28(37)15-23-10-13-39-32(20(2)41-21(3)34,29(23)42-22(4)35)11-7-6-8-27(36)44-24-16-26(43-25(31)14-19)33(18-40-33)30(24,31)5/h6-8,11,14-15,20,24-26,29H,9-10,12-13,16-18H2,1-5H3/b8-6-,11-7-,23-15?/t20?,24-,25?,26?,29-,30-,31-,32?,33-/m1/s1. The first-order chi connectivity index (χ1) is 20.9. The lowest BCUT2D eigenvalue weighted by atomic mass is 9.51. The third kappa shape index (κ3) is 4.66. The van der Waals surface area contributed by atoms with Gasteiger partial charge >= 0.3 is 23.9 Å². The molecular formula is C33H40O11. The number of allylic oxidation sites excluding steroid dienone is 3. The van der Waals surface area contributed by atoms with Crippen molar-refractivity contribution in [1.29, 1.82) is 0 Å². The number of epoxide rings is 1. The van der Waals surface area contributed by atoms with Gasteiger partial charge in [0.25, 0.3) is 0 Å². The molecule has 4 fully saturated rings. The maximum atomic E-state index is 13.6. The van der Waals surface area contributed by atoms with Crippen LogP contribution in [0, 0.1) is 10.8 Å². The molecule has 0 radical (unpaired) electrons. The van der Waals surface area contributed by atoms with Crippen LogP contribution in [-0.4, -0.2) is 85.4 Å². The van der Waals surface area contributed by atoms with E-state index in [4.69, 9.17) is 33.2 Å². The Kier molecular flexibility index (Phi) is 7.65. The van der Waals surface area contributed by atoms with Gasteiger partial charge < -0.3 is 33.2 Å². The minimum atomic E-state index is -1.49. The minimum Gasteiger partial charge on any atom is -0.462 e. The van der Waals surface area contributed by atoms with Gasteiger partial charge in [0.2, 0.25) is 0 Å². The molecule has 6 rings (SSSR count). The van der Waals surface area contributed by atoms with Gasteiger partial charge in [-0.15, -0.1) is 0 Å². The van der Waals surface area contributed by atoms with Crippen LogP contribution in [0.5, 0.6) is 0 Å². The van der Waals surface area contributed by atoms with Crippen molar-refractivity contribution in [2.75, 3.05) is 19.8 Å². The molecule has 4 bridgehead atoms. The molecule has 2 spiro atoms. The summed E-state index contributed by atoms with van der Waals surface area (Å²) < 4.78 is 42.5. The van der Waals surface area contributed by atoms with E-state index in [1.54, 1.807) is 19.1 Å². The first kappa shape index (κ1) is 30.7. The Morgan fingerprint density at radius 2 is 1.80 bits per heavy atom. The Balaban J connectivity index is 1.45. The lowest BCUT2D eigenvalue weighted by Crippen LogP contribution is -2.66. The second-order valence-corrected chi connectivity index (χ2v) is 13.0. The van der Waals surface area contributed by atoms with Crippen LogP contribution in [0.25, 0.3) is 0 Å². The fraction of sp³-hybridized carbons (Fsp3) is 0.636. The number of ether oxygens (including phenoxy) is 7. The zero-order valence-electron chi connectivity index (χ0n) is 25.8. The Bertz CT molecular complexity index is 1370. The van der Waals surface area contributed by atoms with Crippen LogP contribution in [0.3, 0.4) is 0 Å². The smallest absolute Gasteiger partial charge is 0.331 e. The summed E-state index contributed by atoms with van der Waals surface area (Å²) >= 11 is 0. The van der Waals surface area contributed by atoms with E-state index in [0.717, 1.165) is 6.42 Å². The van der Waals surface area contributed by atoms with Gasteiger partial charge in [-0.1, -0.05) is 30.7 Å². The van der Waals surface area contributed by atoms with E-state index in [2.05, 4.69) is 19.9 Å². The summed E-state index contributed by atoms with van der Waals surface area (Å²) in [7, 11) is 0. The van der Waals surface area contributed by atoms with Crippen LogP contribution < -0.4 is 0 Å². The summed E-state index contributed by atoms with van der Waals surface area (Å²) in [4.78, 5) is 51.2. The Labute approximate surface area is 256 Å². The Morgan fingerprint density at radius 1 is 1.02 bits per heavy atom. The van der Waals surface area contributed by atoms with Gasteiger partial charge in [0.1, 0.15) is 24.4 Å². The van der Waals surface area contributed by atoms with E-state index >= 15 is 0 Å². The molecule has 9 atom stereocenters. The van der Waals surface area contributed by atoms with Crippen LogP contribution in [-0.2, 0) is 52.3 Å². The maximum Gasteiger partial charge on any atom is 0.331 e. The number of fused-ring (bicyclic) bond motifs is 2. The first-order valence-electron chi connectivity index (χ1n) is 15.3. The maximum absolute atomic E-state index is 13.6. The molecule has 44 heavy (non-hydrogen) atoms. The predicted octanol–water partition coefficient (Wildman–Crippen LogP) is 3.21. The molecule has 0 aromatic carbocycles. The fourth-order valence-corrected chi connectivity index (χ4v) is 8.31. The van der Waals surface area contributed by atoms with E-state index in [1.165, 1.54) is 37.6 Å². The average Bonchev–Trinajstić information content (AvgIpc) is 3.73. The molecule has 4 heterocycles. The summed E-state index contributed by atoms with van der Waals surface area (Å²) in [5.74, 6) is -2.35. The largest absolute Gasteiger partial charge is 0.462 e. The van der Waals surface area contributed by atoms with Crippen LogP contribution >= 0.6 is 0 Å². The van der Waals surface area contributed by atoms with Crippen molar-refractivity contribution in [3.63, 3.8) is 0 Å². The summed E-state index contributed by atoms with van der Waals surface area (Å²) in [5.41, 5.74) is -1.91. The Morgan fingerprint density at radius 3 is 2.50 bits per heavy atom. The topological polar surface area (TPSA) is 136 Å². The van der Waals surface area contributed by atoms with Crippen LogP contribution in [0.4, 0.5) is 0 Å². The van der Waals surface area contributed by atoms with Crippen LogP contribution in [0.1, 0.15) is 60.3 Å². The van der Waals surface area contributed by atoms with Crippen LogP contribution in [0.15, 0.2) is 47.6 Å². The molecule has 0 amide bonds. The van der Waals surface area contributed by atoms with E-state index < -0.39 is 64.2 Å². The molecule has 4 unspecified atom stereocenters. The number of esters is 4. The lowest BCUT2D eigenvalue weighted by Gasteiger charge is -2.58. The van der Waals surface area contributed by atoms with Crippen molar-refractivity contribution in [1.82, 2.24) is 0 Å². The third-order valence-corrected chi connectivity index (χ3v) is 10.7. The number of hydrogen-bond donors (Lipinski definition) is 0. The van der Waals surface area contributed by atoms with Gasteiger partial charge in [-0.05, 0) is 44.8 Å². The summed E-state index contributed by atoms with van der Waals surface area (Å²) in [6, 6.07) is 0. The summed E-state index contributed by atoms with van der Waals surface area (Å²) in [6.07, 6.45) is 8.33. The molecule has 1 saturated carbocycles. The molecule has 238 valence electrons. The molecular weight excluding hydrogens is 572 g/mol. The van der Waals surface area contributed by atoms with Crippen molar-refractivity contribution in [2.24, 2.45) is 10.8 Å². The van der Waals surface area contributed by atoms with Crippen molar-refractivity contribution in [3.8, 4) is 0 Å². The Hall–Kier alpha value is -3.28. The highest BCUT2D eigenvalue weighted by Crippen LogP contribution is 2.72. The van der Waals surface area contributed by atoms with Gasteiger partial charge in [-0.25, -0.2) is 9.59 Å². The van der Waals surface area contributed by atoms with Gasteiger partial charge in [0.15, 0.2) is 11.7 Å². The van der Waals surface area contributed by atoms with Gasteiger partial charge in [0, 0.05) is 37.8 Å². The molecule has 3 saturated heterocycles. The SMILES string of the molecule is CC(=O)OC(C)C12/C=C\C=C/C(=O)O[C@@H]3CC4OC5C=C(C)CC[C@]5(COC(=O)C=C(CCO1)[C@H]2OC(C)=O)[C@]3(C)[C@@]41CO1. The minimum absolute atomic E-state index is 0.00586. The van der Waals surface area contributed by atoms with Crippen molar-refractivity contribution in [2.45, 2.75) is 102 Å². The monoisotopic (exact) mass is 612 g/mol. The molecule has 0 aromatic heterocycles. The lowest BCUT2D eigenvalue weighted by molar-refractivity contribution is -0.232. The van der Waals surface area contributed by atoms with E-state index in [1.807, 2.05) is 0 Å². The summed E-state index contributed by atoms with van der Waals surface area (Å²) in [6.45, 7) is 8.90. The number of rotatable bonds is 3. The summed E-state index contributed by atoms with van der Waals surface area (Å²) in [5, 5.41) is 0. The second kappa shape index (κ2) is 11.0. The third-order valence-electron chi connectivity index (χ3n) is 10.7. The van der Waals surface area contributed by atoms with Crippen molar-refractivity contribution in [3.05, 3.63) is 47.6 Å². The van der Waals surface area contributed by atoms with Crippen LogP contribution in [0.2, 0.25) is 0 Å². The number of carbonyl (C=O) groups excluding carboxylic acids is 4. The van der Waals surface area contributed by atoms with Crippen molar-refractivity contribution < 1.29 is 52.3 Å².